The fourth-order valence-corrected chi connectivity index (χ4v) is 0.889. The van der Waals surface area contributed by atoms with Gasteiger partial charge in [-0.2, -0.15) is 0 Å². The largest absolute Gasteiger partial charge is 0.336 e. The van der Waals surface area contributed by atoms with Gasteiger partial charge in [-0.05, 0) is 26.0 Å². The highest BCUT2D eigenvalue weighted by molar-refractivity contribution is 5.94. The van der Waals surface area contributed by atoms with E-state index in [2.05, 4.69) is 16.2 Å². The number of hydrogen-bond donors (Lipinski definition) is 1. The number of nitrogens with one attached hydrogen (secondary N) is 1. The van der Waals surface area contributed by atoms with Gasteiger partial charge in [-0.3, -0.25) is 9.78 Å². The molecule has 1 aromatic rings. The number of hydrogen-bond acceptors (Lipinski definition) is 2. The molecule has 1 N–H and O–H groups in total. The third kappa shape index (κ3) is 2.60. The first-order valence-electron chi connectivity index (χ1n) is 4.25. The van der Waals surface area contributed by atoms with Crippen molar-refractivity contribution in [1.29, 1.82) is 0 Å². The molecule has 1 aromatic heterocycles. The molecule has 1 rings (SSSR count). The molecule has 0 unspecified atom stereocenters. The van der Waals surface area contributed by atoms with Crippen LogP contribution in [-0.4, -0.2) is 16.4 Å². The Bertz CT molecular complexity index is 363. The minimum absolute atomic E-state index is 0.207. The van der Waals surface area contributed by atoms with Crippen LogP contribution in [0.5, 0.6) is 0 Å². The molecule has 0 bridgehead atoms. The van der Waals surface area contributed by atoms with Crippen LogP contribution in [-0.2, 0) is 0 Å². The lowest BCUT2D eigenvalue weighted by Gasteiger charge is -2.19. The van der Waals surface area contributed by atoms with E-state index in [9.17, 15) is 4.79 Å². The smallest absolute Gasteiger partial charge is 0.254 e. The van der Waals surface area contributed by atoms with Gasteiger partial charge in [-0.1, -0.05) is 5.92 Å². The molecule has 3 heteroatoms. The molecule has 0 saturated heterocycles. The summed E-state index contributed by atoms with van der Waals surface area (Å²) in [6.45, 7) is 3.53. The third-order valence-corrected chi connectivity index (χ3v) is 1.71. The van der Waals surface area contributed by atoms with E-state index < -0.39 is 5.54 Å². The monoisotopic (exact) mass is 188 g/mol. The fraction of sp³-hybridized carbons (Fsp3) is 0.273. The maximum absolute atomic E-state index is 11.6. The average molecular weight is 188 g/mol. The first-order valence-corrected chi connectivity index (χ1v) is 4.25. The van der Waals surface area contributed by atoms with Crippen LogP contribution >= 0.6 is 0 Å². The lowest BCUT2D eigenvalue weighted by atomic mass is 10.1. The summed E-state index contributed by atoms with van der Waals surface area (Å²) >= 11 is 0. The molecule has 0 aliphatic heterocycles. The van der Waals surface area contributed by atoms with E-state index in [-0.39, 0.29) is 5.91 Å². The molecule has 3 nitrogen and oxygen atoms in total. The second kappa shape index (κ2) is 3.93. The SMILES string of the molecule is C#CC(C)(C)NC(=O)c1cccnc1. The quantitative estimate of drug-likeness (QED) is 0.709. The van der Waals surface area contributed by atoms with Crippen molar-refractivity contribution in [2.45, 2.75) is 19.4 Å². The van der Waals surface area contributed by atoms with Crippen molar-refractivity contribution in [3.8, 4) is 12.3 Å². The molecule has 14 heavy (non-hydrogen) atoms. The molecular formula is C11H12N2O. The summed E-state index contributed by atoms with van der Waals surface area (Å²) < 4.78 is 0. The highest BCUT2D eigenvalue weighted by Gasteiger charge is 2.17. The van der Waals surface area contributed by atoms with Crippen LogP contribution in [0.15, 0.2) is 24.5 Å². The molecule has 0 aromatic carbocycles. The second-order valence-electron chi connectivity index (χ2n) is 3.47. The van der Waals surface area contributed by atoms with Gasteiger partial charge in [0.25, 0.3) is 5.91 Å². The number of terminal acetylenes is 1. The molecule has 0 fully saturated rings. The van der Waals surface area contributed by atoms with Crippen LogP contribution in [0, 0.1) is 12.3 Å². The van der Waals surface area contributed by atoms with Gasteiger partial charge in [0.2, 0.25) is 0 Å². The van der Waals surface area contributed by atoms with Gasteiger partial charge in [-0.25, -0.2) is 0 Å². The fourth-order valence-electron chi connectivity index (χ4n) is 0.889. The molecule has 72 valence electrons. The van der Waals surface area contributed by atoms with Crippen molar-refractivity contribution in [2.24, 2.45) is 0 Å². The first kappa shape index (κ1) is 10.3. The summed E-state index contributed by atoms with van der Waals surface area (Å²) in [7, 11) is 0. The number of rotatable bonds is 2. The summed E-state index contributed by atoms with van der Waals surface area (Å²) in [4.78, 5) is 15.4. The maximum atomic E-state index is 11.6. The molecule has 1 heterocycles. The standard InChI is InChI=1S/C11H12N2O/c1-4-11(2,3)13-10(14)9-6-5-7-12-8-9/h1,5-8H,2-3H3,(H,13,14). The summed E-state index contributed by atoms with van der Waals surface area (Å²) in [5.74, 6) is 2.28. The molecule has 0 aliphatic rings. The molecule has 0 atom stereocenters. The summed E-state index contributed by atoms with van der Waals surface area (Å²) in [6.07, 6.45) is 8.37. The topological polar surface area (TPSA) is 42.0 Å². The number of aromatic nitrogens is 1. The minimum Gasteiger partial charge on any atom is -0.336 e. The average Bonchev–Trinajstić information content (AvgIpc) is 2.19. The van der Waals surface area contributed by atoms with Crippen LogP contribution in [0.4, 0.5) is 0 Å². The minimum atomic E-state index is -0.632. The number of carbonyl (C=O) groups is 1. The molecule has 1 amide bonds. The van der Waals surface area contributed by atoms with Gasteiger partial charge in [-0.15, -0.1) is 6.42 Å². The maximum Gasteiger partial charge on any atom is 0.254 e. The van der Waals surface area contributed by atoms with Gasteiger partial charge in [0.1, 0.15) is 0 Å². The zero-order valence-corrected chi connectivity index (χ0v) is 8.24. The van der Waals surface area contributed by atoms with Crippen molar-refractivity contribution >= 4 is 5.91 Å². The van der Waals surface area contributed by atoms with Crippen LogP contribution in [0.2, 0.25) is 0 Å². The summed E-state index contributed by atoms with van der Waals surface area (Å²) in [5.41, 5.74) is -0.122. The van der Waals surface area contributed by atoms with Crippen molar-refractivity contribution in [3.63, 3.8) is 0 Å². The zero-order valence-electron chi connectivity index (χ0n) is 8.24. The van der Waals surface area contributed by atoms with Crippen molar-refractivity contribution in [1.82, 2.24) is 10.3 Å². The number of amides is 1. The Labute approximate surface area is 83.6 Å². The Morgan fingerprint density at radius 3 is 2.86 bits per heavy atom. The number of pyridine rings is 1. The lowest BCUT2D eigenvalue weighted by Crippen LogP contribution is -2.42. The molecule has 0 spiro atoms. The van der Waals surface area contributed by atoms with Gasteiger partial charge < -0.3 is 5.32 Å². The first-order chi connectivity index (χ1) is 6.55. The summed E-state index contributed by atoms with van der Waals surface area (Å²) in [6, 6.07) is 3.40. The Morgan fingerprint density at radius 1 is 1.64 bits per heavy atom. The van der Waals surface area contributed by atoms with E-state index in [4.69, 9.17) is 6.42 Å². The zero-order chi connectivity index (χ0) is 10.6. The normalized spacial score (nSPS) is 10.4. The van der Waals surface area contributed by atoms with E-state index in [0.29, 0.717) is 5.56 Å². The van der Waals surface area contributed by atoms with Crippen LogP contribution in [0.1, 0.15) is 24.2 Å². The van der Waals surface area contributed by atoms with Gasteiger partial charge >= 0.3 is 0 Å². The number of nitrogens with zero attached hydrogens (tertiary/aromatic N) is 1. The van der Waals surface area contributed by atoms with Crippen LogP contribution in [0.3, 0.4) is 0 Å². The highest BCUT2D eigenvalue weighted by Crippen LogP contribution is 2.02. The van der Waals surface area contributed by atoms with E-state index in [1.165, 1.54) is 6.20 Å². The predicted molar refractivity (Wildman–Crippen MR) is 54.6 cm³/mol. The van der Waals surface area contributed by atoms with Crippen LogP contribution < -0.4 is 5.32 Å². The number of carbonyl (C=O) groups excluding carboxylic acids is 1. The Morgan fingerprint density at radius 2 is 2.36 bits per heavy atom. The van der Waals surface area contributed by atoms with Gasteiger partial charge in [0.05, 0.1) is 11.1 Å². The van der Waals surface area contributed by atoms with Crippen molar-refractivity contribution in [3.05, 3.63) is 30.1 Å². The molecule has 0 aliphatic carbocycles. The second-order valence-corrected chi connectivity index (χ2v) is 3.47. The molecule has 0 saturated carbocycles. The highest BCUT2D eigenvalue weighted by atomic mass is 16.1. The summed E-state index contributed by atoms with van der Waals surface area (Å²) in [5, 5.41) is 2.71. The Kier molecular flexibility index (Phi) is 2.88. The van der Waals surface area contributed by atoms with E-state index >= 15 is 0 Å². The van der Waals surface area contributed by atoms with Crippen molar-refractivity contribution in [2.75, 3.05) is 0 Å². The van der Waals surface area contributed by atoms with Crippen molar-refractivity contribution < 1.29 is 4.79 Å². The van der Waals surface area contributed by atoms with E-state index in [1.54, 1.807) is 32.2 Å². The van der Waals surface area contributed by atoms with E-state index in [1.807, 2.05) is 0 Å². The molecule has 0 radical (unpaired) electrons. The predicted octanol–water partition coefficient (Wildman–Crippen LogP) is 1.22. The van der Waals surface area contributed by atoms with Crippen LogP contribution in [0.25, 0.3) is 0 Å². The Balaban J connectivity index is 2.75. The Hall–Kier alpha value is -1.82. The van der Waals surface area contributed by atoms with E-state index in [0.717, 1.165) is 0 Å². The van der Waals surface area contributed by atoms with Gasteiger partial charge in [0, 0.05) is 12.4 Å². The lowest BCUT2D eigenvalue weighted by molar-refractivity contribution is 0.0929. The molecular weight excluding hydrogens is 176 g/mol. The van der Waals surface area contributed by atoms with Gasteiger partial charge in [0.15, 0.2) is 0 Å². The third-order valence-electron chi connectivity index (χ3n) is 1.71.